The lowest BCUT2D eigenvalue weighted by molar-refractivity contribution is -0.136. The van der Waals surface area contributed by atoms with Crippen LogP contribution in [0.5, 0.6) is 0 Å². The lowest BCUT2D eigenvalue weighted by atomic mass is 10.1. The third-order valence-corrected chi connectivity index (χ3v) is 3.37. The van der Waals surface area contributed by atoms with Gasteiger partial charge in [0.2, 0.25) is 0 Å². The Hall–Kier alpha value is -2.69. The molecule has 1 N–H and O–H groups in total. The van der Waals surface area contributed by atoms with Crippen molar-refractivity contribution in [3.8, 4) is 11.3 Å². The highest BCUT2D eigenvalue weighted by atomic mass is 19.1. The second-order valence-electron chi connectivity index (χ2n) is 4.85. The highest BCUT2D eigenvalue weighted by Gasteiger charge is 2.17. The second-order valence-corrected chi connectivity index (χ2v) is 4.85. The fourth-order valence-corrected chi connectivity index (χ4v) is 2.47. The monoisotopic (exact) mass is 284 g/mol. The Balaban J connectivity index is 2.28. The van der Waals surface area contributed by atoms with Crippen LogP contribution in [0.4, 0.5) is 4.39 Å². The van der Waals surface area contributed by atoms with Crippen molar-refractivity contribution in [3.05, 3.63) is 59.7 Å². The summed E-state index contributed by atoms with van der Waals surface area (Å²) >= 11 is 0. The van der Waals surface area contributed by atoms with E-state index in [2.05, 4.69) is 4.98 Å². The minimum atomic E-state index is -0.927. The first kappa shape index (κ1) is 13.3. The zero-order chi connectivity index (χ0) is 15.0. The maximum absolute atomic E-state index is 13.1. The number of halogens is 1. The number of carboxylic acids is 1. The van der Waals surface area contributed by atoms with Gasteiger partial charge in [-0.1, -0.05) is 6.07 Å². The number of carboxylic acid groups (broad SMARTS) is 1. The molecule has 3 rings (SSSR count). The molecular formula is C16H13FN2O2. The van der Waals surface area contributed by atoms with E-state index in [0.717, 1.165) is 5.69 Å². The summed E-state index contributed by atoms with van der Waals surface area (Å²) in [6.45, 7) is 1.90. The molecule has 21 heavy (non-hydrogen) atoms. The molecule has 0 fully saturated rings. The lowest BCUT2D eigenvalue weighted by Crippen LogP contribution is -2.06. The van der Waals surface area contributed by atoms with Crippen LogP contribution >= 0.6 is 0 Å². The van der Waals surface area contributed by atoms with Gasteiger partial charge in [-0.05, 0) is 43.3 Å². The number of pyridine rings is 1. The van der Waals surface area contributed by atoms with E-state index < -0.39 is 5.97 Å². The number of nitrogens with zero attached hydrogens (tertiary/aromatic N) is 2. The number of hydrogen-bond donors (Lipinski definition) is 1. The van der Waals surface area contributed by atoms with E-state index in [1.165, 1.54) is 12.1 Å². The normalized spacial score (nSPS) is 11.0. The van der Waals surface area contributed by atoms with Gasteiger partial charge in [0.05, 0.1) is 17.8 Å². The van der Waals surface area contributed by atoms with Crippen LogP contribution in [0.2, 0.25) is 0 Å². The summed E-state index contributed by atoms with van der Waals surface area (Å²) in [7, 11) is 0. The molecule has 0 radical (unpaired) electrons. The first-order valence-corrected chi connectivity index (χ1v) is 6.51. The van der Waals surface area contributed by atoms with Gasteiger partial charge in [0, 0.05) is 11.3 Å². The standard InChI is InChI=1S/C16H13FN2O2/c1-10-3-2-4-14-18-16(11-5-7-12(17)8-6-11)13(19(10)14)9-15(20)21/h2-8H,9H2,1H3,(H,20,21). The number of hydrogen-bond acceptors (Lipinski definition) is 2. The molecule has 2 heterocycles. The topological polar surface area (TPSA) is 54.6 Å². The molecule has 106 valence electrons. The number of rotatable bonds is 3. The van der Waals surface area contributed by atoms with Gasteiger partial charge < -0.3 is 9.51 Å². The number of aryl methyl sites for hydroxylation is 1. The van der Waals surface area contributed by atoms with Crippen molar-refractivity contribution in [2.24, 2.45) is 0 Å². The van der Waals surface area contributed by atoms with Crippen molar-refractivity contribution in [1.82, 2.24) is 9.38 Å². The zero-order valence-electron chi connectivity index (χ0n) is 11.4. The molecule has 5 heteroatoms. The van der Waals surface area contributed by atoms with E-state index in [0.29, 0.717) is 22.6 Å². The van der Waals surface area contributed by atoms with Crippen molar-refractivity contribution >= 4 is 11.6 Å². The molecule has 0 spiro atoms. The van der Waals surface area contributed by atoms with Crippen LogP contribution < -0.4 is 0 Å². The molecule has 4 nitrogen and oxygen atoms in total. The quantitative estimate of drug-likeness (QED) is 0.804. The van der Waals surface area contributed by atoms with Crippen LogP contribution in [0.15, 0.2) is 42.5 Å². The fourth-order valence-electron chi connectivity index (χ4n) is 2.47. The Labute approximate surface area is 120 Å². The van der Waals surface area contributed by atoms with E-state index in [1.807, 2.05) is 29.5 Å². The van der Waals surface area contributed by atoms with Crippen LogP contribution in [0, 0.1) is 12.7 Å². The summed E-state index contributed by atoms with van der Waals surface area (Å²) < 4.78 is 14.9. The molecule has 3 aromatic rings. The molecule has 0 aliphatic rings. The molecule has 0 unspecified atom stereocenters. The second kappa shape index (κ2) is 5.01. The predicted octanol–water partition coefficient (Wildman–Crippen LogP) is 3.08. The number of aliphatic carboxylic acids is 1. The summed E-state index contributed by atoms with van der Waals surface area (Å²) in [4.78, 5) is 15.7. The van der Waals surface area contributed by atoms with Gasteiger partial charge in [0.25, 0.3) is 0 Å². The van der Waals surface area contributed by atoms with E-state index in [4.69, 9.17) is 5.11 Å². The minimum Gasteiger partial charge on any atom is -0.481 e. The number of fused-ring (bicyclic) bond motifs is 1. The maximum atomic E-state index is 13.1. The fraction of sp³-hybridized carbons (Fsp3) is 0.125. The molecular weight excluding hydrogens is 271 g/mol. The SMILES string of the molecule is Cc1cccc2nc(-c3ccc(F)cc3)c(CC(=O)O)n12. The van der Waals surface area contributed by atoms with E-state index in [-0.39, 0.29) is 12.2 Å². The van der Waals surface area contributed by atoms with Crippen molar-refractivity contribution < 1.29 is 14.3 Å². The van der Waals surface area contributed by atoms with Crippen LogP contribution in [0.25, 0.3) is 16.9 Å². The average Bonchev–Trinajstić information content (AvgIpc) is 2.79. The van der Waals surface area contributed by atoms with Crippen molar-refractivity contribution in [1.29, 1.82) is 0 Å². The summed E-state index contributed by atoms with van der Waals surface area (Å²) in [5.74, 6) is -1.26. The highest BCUT2D eigenvalue weighted by Crippen LogP contribution is 2.26. The molecule has 0 aliphatic carbocycles. The zero-order valence-corrected chi connectivity index (χ0v) is 11.4. The molecule has 0 saturated heterocycles. The Morgan fingerprint density at radius 1 is 1.24 bits per heavy atom. The van der Waals surface area contributed by atoms with E-state index >= 15 is 0 Å². The van der Waals surface area contributed by atoms with Gasteiger partial charge in [-0.2, -0.15) is 0 Å². The average molecular weight is 284 g/mol. The first-order chi connectivity index (χ1) is 10.1. The Morgan fingerprint density at radius 3 is 2.62 bits per heavy atom. The minimum absolute atomic E-state index is 0.140. The van der Waals surface area contributed by atoms with E-state index in [1.54, 1.807) is 12.1 Å². The number of imidazole rings is 1. The molecule has 2 aromatic heterocycles. The molecule has 0 aliphatic heterocycles. The number of benzene rings is 1. The van der Waals surface area contributed by atoms with Crippen molar-refractivity contribution in [2.45, 2.75) is 13.3 Å². The Morgan fingerprint density at radius 2 is 1.95 bits per heavy atom. The molecule has 0 atom stereocenters. The summed E-state index contributed by atoms with van der Waals surface area (Å²) in [6.07, 6.45) is -0.140. The third-order valence-electron chi connectivity index (χ3n) is 3.37. The van der Waals surface area contributed by atoms with Crippen LogP contribution in [-0.4, -0.2) is 20.5 Å². The Bertz CT molecular complexity index is 822. The lowest BCUT2D eigenvalue weighted by Gasteiger charge is -2.05. The Kier molecular flexibility index (Phi) is 3.17. The molecule has 1 aromatic carbocycles. The summed E-state index contributed by atoms with van der Waals surface area (Å²) in [5.41, 5.74) is 3.47. The van der Waals surface area contributed by atoms with E-state index in [9.17, 15) is 9.18 Å². The molecule has 0 bridgehead atoms. The van der Waals surface area contributed by atoms with Gasteiger partial charge in [-0.3, -0.25) is 4.79 Å². The predicted molar refractivity (Wildman–Crippen MR) is 76.7 cm³/mol. The van der Waals surface area contributed by atoms with Crippen LogP contribution in [-0.2, 0) is 11.2 Å². The summed E-state index contributed by atoms with van der Waals surface area (Å²) in [6, 6.07) is 11.5. The van der Waals surface area contributed by atoms with Gasteiger partial charge in [0.15, 0.2) is 0 Å². The van der Waals surface area contributed by atoms with Crippen molar-refractivity contribution in [3.63, 3.8) is 0 Å². The van der Waals surface area contributed by atoms with Gasteiger partial charge >= 0.3 is 5.97 Å². The van der Waals surface area contributed by atoms with Crippen molar-refractivity contribution in [2.75, 3.05) is 0 Å². The van der Waals surface area contributed by atoms with Gasteiger partial charge in [-0.25, -0.2) is 9.37 Å². The third kappa shape index (κ3) is 2.38. The highest BCUT2D eigenvalue weighted by molar-refractivity contribution is 5.76. The summed E-state index contributed by atoms with van der Waals surface area (Å²) in [5, 5.41) is 9.15. The number of carbonyl (C=O) groups is 1. The maximum Gasteiger partial charge on any atom is 0.309 e. The van der Waals surface area contributed by atoms with Gasteiger partial charge in [0.1, 0.15) is 11.5 Å². The van der Waals surface area contributed by atoms with Gasteiger partial charge in [-0.15, -0.1) is 0 Å². The number of aromatic nitrogens is 2. The first-order valence-electron chi connectivity index (χ1n) is 6.51. The molecule has 0 saturated carbocycles. The largest absolute Gasteiger partial charge is 0.481 e. The smallest absolute Gasteiger partial charge is 0.309 e. The van der Waals surface area contributed by atoms with Crippen LogP contribution in [0.1, 0.15) is 11.4 Å². The molecule has 0 amide bonds. The van der Waals surface area contributed by atoms with Crippen LogP contribution in [0.3, 0.4) is 0 Å².